The minimum Gasteiger partial charge on any atom is -0.361 e. The number of fused-ring (bicyclic) bond motifs is 1. The lowest BCUT2D eigenvalue weighted by Gasteiger charge is -2.08. The molecule has 0 spiro atoms. The second kappa shape index (κ2) is 5.91. The lowest BCUT2D eigenvalue weighted by Crippen LogP contribution is -2.11. The molecule has 3 rings (SSSR count). The predicted molar refractivity (Wildman–Crippen MR) is 92.7 cm³/mol. The van der Waals surface area contributed by atoms with E-state index < -0.39 is 10.4 Å². The SMILES string of the molecule is O=c1[nH]c(-c2ccccc2OS(=O)(=O)O)nc2ccc(I)cc12. The lowest BCUT2D eigenvalue weighted by atomic mass is 10.1. The summed E-state index contributed by atoms with van der Waals surface area (Å²) in [5, 5.41) is 0.425. The Morgan fingerprint density at radius 1 is 1.17 bits per heavy atom. The molecule has 0 radical (unpaired) electrons. The van der Waals surface area contributed by atoms with Crippen LogP contribution in [0.2, 0.25) is 0 Å². The van der Waals surface area contributed by atoms with Crippen molar-refractivity contribution in [2.75, 3.05) is 0 Å². The summed E-state index contributed by atoms with van der Waals surface area (Å²) in [5.74, 6) is 0.00553. The van der Waals surface area contributed by atoms with Crippen LogP contribution in [0.25, 0.3) is 22.3 Å². The van der Waals surface area contributed by atoms with E-state index in [1.54, 1.807) is 24.3 Å². The van der Waals surface area contributed by atoms with Gasteiger partial charge in [0, 0.05) is 3.57 Å². The van der Waals surface area contributed by atoms with E-state index >= 15 is 0 Å². The Morgan fingerprint density at radius 3 is 2.65 bits per heavy atom. The molecule has 0 saturated carbocycles. The number of nitrogens with one attached hydrogen (secondary N) is 1. The molecule has 2 N–H and O–H groups in total. The quantitative estimate of drug-likeness (QED) is 0.475. The fourth-order valence-electron chi connectivity index (χ4n) is 2.09. The molecule has 0 unspecified atom stereocenters. The van der Waals surface area contributed by atoms with Crippen molar-refractivity contribution in [1.82, 2.24) is 9.97 Å². The number of nitrogens with zero attached hydrogens (tertiary/aromatic N) is 1. The highest BCUT2D eigenvalue weighted by molar-refractivity contribution is 14.1. The van der Waals surface area contributed by atoms with Gasteiger partial charge in [-0.25, -0.2) is 4.98 Å². The molecule has 0 aliphatic rings. The van der Waals surface area contributed by atoms with Gasteiger partial charge in [-0.15, -0.1) is 0 Å². The number of para-hydroxylation sites is 1. The number of halogens is 1. The summed E-state index contributed by atoms with van der Waals surface area (Å²) in [6.45, 7) is 0. The molecular weight excluding hydrogens is 435 g/mol. The van der Waals surface area contributed by atoms with Crippen molar-refractivity contribution in [2.24, 2.45) is 0 Å². The van der Waals surface area contributed by atoms with Crippen LogP contribution in [-0.2, 0) is 10.4 Å². The molecule has 0 aliphatic heterocycles. The highest BCUT2D eigenvalue weighted by atomic mass is 127. The van der Waals surface area contributed by atoms with Gasteiger partial charge in [-0.3, -0.25) is 9.35 Å². The zero-order valence-corrected chi connectivity index (χ0v) is 14.3. The van der Waals surface area contributed by atoms with Crippen LogP contribution in [0.15, 0.2) is 47.3 Å². The normalized spacial score (nSPS) is 11.6. The first-order valence-corrected chi connectivity index (χ1v) is 8.74. The third kappa shape index (κ3) is 3.51. The van der Waals surface area contributed by atoms with Gasteiger partial charge in [-0.1, -0.05) is 12.1 Å². The number of aromatic amines is 1. The molecule has 1 aromatic heterocycles. The maximum Gasteiger partial charge on any atom is 0.446 e. The van der Waals surface area contributed by atoms with Gasteiger partial charge in [-0.2, -0.15) is 8.42 Å². The highest BCUT2D eigenvalue weighted by Gasteiger charge is 2.15. The standard InChI is InChI=1S/C14H9IN2O5S/c15-8-5-6-11-10(7-8)14(18)17-13(16-11)9-3-1-2-4-12(9)22-23(19,20)21/h1-7H,(H,16,17,18)(H,19,20,21). The van der Waals surface area contributed by atoms with E-state index in [4.69, 9.17) is 4.55 Å². The van der Waals surface area contributed by atoms with Crippen molar-refractivity contribution >= 4 is 43.9 Å². The molecule has 0 atom stereocenters. The first-order chi connectivity index (χ1) is 10.8. The molecule has 0 bridgehead atoms. The number of hydrogen-bond donors (Lipinski definition) is 2. The van der Waals surface area contributed by atoms with Gasteiger partial charge < -0.3 is 9.17 Å². The molecule has 0 amide bonds. The first-order valence-electron chi connectivity index (χ1n) is 6.29. The fourth-order valence-corrected chi connectivity index (χ4v) is 2.95. The Labute approximate surface area is 144 Å². The summed E-state index contributed by atoms with van der Waals surface area (Å²) in [7, 11) is -4.69. The van der Waals surface area contributed by atoms with Gasteiger partial charge in [-0.05, 0) is 52.9 Å². The minimum absolute atomic E-state index is 0.136. The van der Waals surface area contributed by atoms with Crippen molar-refractivity contribution in [3.8, 4) is 17.1 Å². The Bertz CT molecular complexity index is 1060. The van der Waals surface area contributed by atoms with Crippen LogP contribution in [0.5, 0.6) is 5.75 Å². The molecule has 23 heavy (non-hydrogen) atoms. The van der Waals surface area contributed by atoms with Crippen molar-refractivity contribution in [2.45, 2.75) is 0 Å². The van der Waals surface area contributed by atoms with Crippen LogP contribution >= 0.6 is 22.6 Å². The number of rotatable bonds is 3. The van der Waals surface area contributed by atoms with Crippen molar-refractivity contribution in [3.63, 3.8) is 0 Å². The molecule has 0 fully saturated rings. The summed E-state index contributed by atoms with van der Waals surface area (Å²) in [6, 6.07) is 11.2. The molecule has 1 heterocycles. The Balaban J connectivity index is 2.22. The highest BCUT2D eigenvalue weighted by Crippen LogP contribution is 2.28. The van der Waals surface area contributed by atoms with Crippen LogP contribution < -0.4 is 9.74 Å². The van der Waals surface area contributed by atoms with E-state index in [9.17, 15) is 13.2 Å². The molecule has 7 nitrogen and oxygen atoms in total. The van der Waals surface area contributed by atoms with Gasteiger partial charge in [0.25, 0.3) is 5.56 Å². The molecule has 9 heteroatoms. The van der Waals surface area contributed by atoms with Crippen molar-refractivity contribution in [3.05, 3.63) is 56.4 Å². The molecule has 0 saturated heterocycles. The van der Waals surface area contributed by atoms with Crippen LogP contribution in [-0.4, -0.2) is 22.9 Å². The summed E-state index contributed by atoms with van der Waals surface area (Å²) in [6.07, 6.45) is 0. The van der Waals surface area contributed by atoms with E-state index in [0.29, 0.717) is 10.9 Å². The Kier molecular flexibility index (Phi) is 4.08. The van der Waals surface area contributed by atoms with Crippen LogP contribution in [0, 0.1) is 3.57 Å². The fraction of sp³-hybridized carbons (Fsp3) is 0. The maximum atomic E-state index is 12.2. The molecule has 118 valence electrons. The van der Waals surface area contributed by atoms with E-state index in [1.165, 1.54) is 18.2 Å². The molecule has 0 aliphatic carbocycles. The zero-order chi connectivity index (χ0) is 16.6. The van der Waals surface area contributed by atoms with Crippen LogP contribution in [0.4, 0.5) is 0 Å². The number of benzene rings is 2. The summed E-state index contributed by atoms with van der Waals surface area (Å²) in [5.41, 5.74) is 0.346. The average Bonchev–Trinajstić information content (AvgIpc) is 2.47. The average molecular weight is 444 g/mol. The van der Waals surface area contributed by atoms with Crippen LogP contribution in [0.3, 0.4) is 0 Å². The van der Waals surface area contributed by atoms with Gasteiger partial charge in [0.2, 0.25) is 0 Å². The third-order valence-corrected chi connectivity index (χ3v) is 4.07. The van der Waals surface area contributed by atoms with Gasteiger partial charge in [0.15, 0.2) is 5.75 Å². The van der Waals surface area contributed by atoms with E-state index in [0.717, 1.165) is 3.57 Å². The number of aromatic nitrogens is 2. The topological polar surface area (TPSA) is 109 Å². The summed E-state index contributed by atoms with van der Waals surface area (Å²) < 4.78 is 36.2. The van der Waals surface area contributed by atoms with Crippen molar-refractivity contribution < 1.29 is 17.2 Å². The maximum absolute atomic E-state index is 12.2. The molecule has 3 aromatic rings. The van der Waals surface area contributed by atoms with Crippen molar-refractivity contribution in [1.29, 1.82) is 0 Å². The minimum atomic E-state index is -4.69. The van der Waals surface area contributed by atoms with Gasteiger partial charge in [0.05, 0.1) is 16.5 Å². The monoisotopic (exact) mass is 444 g/mol. The predicted octanol–water partition coefficient (Wildman–Crippen LogP) is 2.38. The Morgan fingerprint density at radius 2 is 1.91 bits per heavy atom. The largest absolute Gasteiger partial charge is 0.446 e. The number of hydrogen-bond acceptors (Lipinski definition) is 5. The zero-order valence-electron chi connectivity index (χ0n) is 11.4. The molecular formula is C14H9IN2O5S. The van der Waals surface area contributed by atoms with E-state index in [1.807, 2.05) is 0 Å². The summed E-state index contributed by atoms with van der Waals surface area (Å²) in [4.78, 5) is 19.1. The third-order valence-electron chi connectivity index (χ3n) is 3.00. The first kappa shape index (κ1) is 15.9. The van der Waals surface area contributed by atoms with Gasteiger partial charge in [0.1, 0.15) is 5.82 Å². The second-order valence-corrected chi connectivity index (χ2v) is 6.85. The van der Waals surface area contributed by atoms with Crippen LogP contribution in [0.1, 0.15) is 0 Å². The Hall–Kier alpha value is -1.98. The van der Waals surface area contributed by atoms with E-state index in [2.05, 4.69) is 36.7 Å². The number of H-pyrrole nitrogens is 1. The molecule has 2 aromatic carbocycles. The lowest BCUT2D eigenvalue weighted by molar-refractivity contribution is 0.387. The van der Waals surface area contributed by atoms with E-state index in [-0.39, 0.29) is 22.7 Å². The smallest absolute Gasteiger partial charge is 0.361 e. The summed E-state index contributed by atoms with van der Waals surface area (Å²) >= 11 is 2.09. The van der Waals surface area contributed by atoms with Gasteiger partial charge >= 0.3 is 10.4 Å². The second-order valence-electron chi connectivity index (χ2n) is 4.58.